The lowest BCUT2D eigenvalue weighted by Crippen LogP contribution is -2.45. The highest BCUT2D eigenvalue weighted by molar-refractivity contribution is 6.31. The van der Waals surface area contributed by atoms with Crippen molar-refractivity contribution in [1.82, 2.24) is 0 Å². The molecule has 34 heavy (non-hydrogen) atoms. The van der Waals surface area contributed by atoms with Crippen molar-refractivity contribution >= 4 is 46.4 Å². The molecule has 0 radical (unpaired) electrons. The fourth-order valence-corrected chi connectivity index (χ4v) is 5.06. The van der Waals surface area contributed by atoms with Crippen LogP contribution in [0.25, 0.3) is 0 Å². The van der Waals surface area contributed by atoms with Crippen molar-refractivity contribution in [3.8, 4) is 0 Å². The van der Waals surface area contributed by atoms with Crippen LogP contribution in [0.15, 0.2) is 97.1 Å². The summed E-state index contributed by atoms with van der Waals surface area (Å²) in [5, 5.41) is 2.62. The quantitative estimate of drug-likeness (QED) is 0.245. The van der Waals surface area contributed by atoms with Crippen LogP contribution in [0.3, 0.4) is 0 Å². The van der Waals surface area contributed by atoms with Crippen LogP contribution in [0.4, 0.5) is 0 Å². The van der Waals surface area contributed by atoms with Gasteiger partial charge in [-0.05, 0) is 83.6 Å². The van der Waals surface area contributed by atoms with Gasteiger partial charge >= 0.3 is 0 Å². The molecule has 0 N–H and O–H groups in total. The van der Waals surface area contributed by atoms with Gasteiger partial charge in [0.05, 0.1) is 0 Å². The van der Waals surface area contributed by atoms with E-state index in [9.17, 15) is 0 Å². The third-order valence-electron chi connectivity index (χ3n) is 6.40. The first-order valence-electron chi connectivity index (χ1n) is 10.8. The topological polar surface area (TPSA) is 18.5 Å². The fourth-order valence-electron chi connectivity index (χ4n) is 4.56. The van der Waals surface area contributed by atoms with E-state index in [-0.39, 0.29) is 0 Å². The number of halogens is 4. The zero-order chi connectivity index (χ0) is 23.8. The predicted octanol–water partition coefficient (Wildman–Crippen LogP) is 9.23. The van der Waals surface area contributed by atoms with E-state index >= 15 is 0 Å². The molecule has 0 aromatic heterocycles. The van der Waals surface area contributed by atoms with Crippen LogP contribution < -0.4 is 0 Å². The van der Waals surface area contributed by atoms with Gasteiger partial charge in [0.15, 0.2) is 11.2 Å². The van der Waals surface area contributed by atoms with Gasteiger partial charge in [0.2, 0.25) is 0 Å². The first-order valence-corrected chi connectivity index (χ1v) is 12.3. The van der Waals surface area contributed by atoms with Crippen molar-refractivity contribution < 1.29 is 9.78 Å². The van der Waals surface area contributed by atoms with Crippen LogP contribution in [-0.4, -0.2) is 0 Å². The van der Waals surface area contributed by atoms with Crippen LogP contribution >= 0.6 is 46.4 Å². The monoisotopic (exact) mass is 528 g/mol. The maximum atomic E-state index is 6.45. The Kier molecular flexibility index (Phi) is 6.65. The standard InChI is InChI=1S/C28H20Cl4O2/c29-23-9-1-19(2-10-23)27(20-3-11-24(30)12-4-20)17-18-28(34-33-27,21-5-13-25(31)14-6-21)22-7-15-26(32)16-8-22/h1-16H,17-18H2. The van der Waals surface area contributed by atoms with Gasteiger partial charge in [-0.3, -0.25) is 0 Å². The van der Waals surface area contributed by atoms with Crippen molar-refractivity contribution in [1.29, 1.82) is 0 Å². The second-order valence-corrected chi connectivity index (χ2v) is 10.1. The minimum atomic E-state index is -0.836. The van der Waals surface area contributed by atoms with E-state index in [0.717, 1.165) is 22.3 Å². The molecule has 1 aliphatic heterocycles. The number of hydrogen-bond acceptors (Lipinski definition) is 2. The van der Waals surface area contributed by atoms with Crippen LogP contribution in [0.1, 0.15) is 35.1 Å². The molecule has 6 heteroatoms. The SMILES string of the molecule is Clc1ccc(C2(c3ccc(Cl)cc3)CCC(c3ccc(Cl)cc3)(c3ccc(Cl)cc3)OO2)cc1. The van der Waals surface area contributed by atoms with Crippen molar-refractivity contribution in [2.75, 3.05) is 0 Å². The van der Waals surface area contributed by atoms with Crippen LogP contribution in [0.5, 0.6) is 0 Å². The number of benzene rings is 4. The number of hydrogen-bond donors (Lipinski definition) is 0. The molecule has 2 nitrogen and oxygen atoms in total. The van der Waals surface area contributed by atoms with Crippen LogP contribution in [0.2, 0.25) is 20.1 Å². The van der Waals surface area contributed by atoms with Gasteiger partial charge in [0.25, 0.3) is 0 Å². The molecule has 0 atom stereocenters. The zero-order valence-electron chi connectivity index (χ0n) is 18.0. The van der Waals surface area contributed by atoms with Gasteiger partial charge in [-0.2, -0.15) is 0 Å². The smallest absolute Gasteiger partial charge is 0.154 e. The highest BCUT2D eigenvalue weighted by atomic mass is 35.5. The van der Waals surface area contributed by atoms with E-state index in [1.807, 2.05) is 97.1 Å². The Labute approximate surface area is 218 Å². The van der Waals surface area contributed by atoms with Gasteiger partial charge in [-0.1, -0.05) is 94.9 Å². The molecule has 0 bridgehead atoms. The van der Waals surface area contributed by atoms with E-state index in [0.29, 0.717) is 32.9 Å². The number of rotatable bonds is 4. The van der Waals surface area contributed by atoms with E-state index in [1.165, 1.54) is 0 Å². The molecule has 1 heterocycles. The Balaban J connectivity index is 1.61. The summed E-state index contributed by atoms with van der Waals surface area (Å²) in [5.74, 6) is 0. The highest BCUT2D eigenvalue weighted by Gasteiger charge is 2.49. The summed E-state index contributed by atoms with van der Waals surface area (Å²) < 4.78 is 0. The first-order chi connectivity index (χ1) is 16.4. The summed E-state index contributed by atoms with van der Waals surface area (Å²) in [7, 11) is 0. The van der Waals surface area contributed by atoms with Crippen LogP contribution in [-0.2, 0) is 21.0 Å². The third kappa shape index (κ3) is 4.35. The molecule has 1 aliphatic rings. The second kappa shape index (κ2) is 9.54. The molecule has 1 fully saturated rings. The van der Waals surface area contributed by atoms with Gasteiger partial charge in [0, 0.05) is 20.1 Å². The average Bonchev–Trinajstić information content (AvgIpc) is 2.86. The summed E-state index contributed by atoms with van der Waals surface area (Å²) in [6, 6.07) is 30.6. The minimum Gasteiger partial charge on any atom is -0.219 e. The van der Waals surface area contributed by atoms with Gasteiger partial charge in [0.1, 0.15) is 0 Å². The largest absolute Gasteiger partial charge is 0.219 e. The molecule has 0 aliphatic carbocycles. The summed E-state index contributed by atoms with van der Waals surface area (Å²) in [6.07, 6.45) is 1.28. The molecule has 1 saturated heterocycles. The molecular weight excluding hydrogens is 510 g/mol. The van der Waals surface area contributed by atoms with E-state index in [4.69, 9.17) is 56.2 Å². The summed E-state index contributed by atoms with van der Waals surface area (Å²) >= 11 is 24.7. The van der Waals surface area contributed by atoms with Gasteiger partial charge in [-0.15, -0.1) is 0 Å². The molecule has 0 unspecified atom stereocenters. The molecule has 4 aromatic carbocycles. The van der Waals surface area contributed by atoms with Crippen LogP contribution in [0, 0.1) is 0 Å². The lowest BCUT2D eigenvalue weighted by Gasteiger charge is -2.46. The molecular formula is C28H20Cl4O2. The Morgan fingerprint density at radius 1 is 0.382 bits per heavy atom. The third-order valence-corrected chi connectivity index (χ3v) is 7.41. The molecule has 0 spiro atoms. The normalized spacial score (nSPS) is 16.8. The van der Waals surface area contributed by atoms with E-state index < -0.39 is 11.2 Å². The van der Waals surface area contributed by atoms with Crippen molar-refractivity contribution in [3.05, 3.63) is 139 Å². The maximum Gasteiger partial charge on any atom is 0.154 e. The van der Waals surface area contributed by atoms with Crippen molar-refractivity contribution in [2.24, 2.45) is 0 Å². The Bertz CT molecular complexity index is 1060. The van der Waals surface area contributed by atoms with Crippen molar-refractivity contribution in [3.63, 3.8) is 0 Å². The Morgan fingerprint density at radius 2 is 0.588 bits per heavy atom. The Morgan fingerprint density at radius 3 is 0.765 bits per heavy atom. The second-order valence-electron chi connectivity index (χ2n) is 8.35. The summed E-state index contributed by atoms with van der Waals surface area (Å²) in [6.45, 7) is 0. The van der Waals surface area contributed by atoms with E-state index in [1.54, 1.807) is 0 Å². The van der Waals surface area contributed by atoms with Gasteiger partial charge in [-0.25, -0.2) is 9.78 Å². The average molecular weight is 530 g/mol. The highest BCUT2D eigenvalue weighted by Crippen LogP contribution is 2.51. The van der Waals surface area contributed by atoms with E-state index in [2.05, 4.69) is 0 Å². The lowest BCUT2D eigenvalue weighted by molar-refractivity contribution is -0.432. The molecule has 0 amide bonds. The molecule has 4 aromatic rings. The fraction of sp³-hybridized carbons (Fsp3) is 0.143. The summed E-state index contributed by atoms with van der Waals surface area (Å²) in [5.41, 5.74) is 2.11. The minimum absolute atomic E-state index is 0.640. The summed E-state index contributed by atoms with van der Waals surface area (Å²) in [4.78, 5) is 12.9. The predicted molar refractivity (Wildman–Crippen MR) is 139 cm³/mol. The zero-order valence-corrected chi connectivity index (χ0v) is 21.0. The maximum absolute atomic E-state index is 6.45. The van der Waals surface area contributed by atoms with Crippen molar-refractivity contribution in [2.45, 2.75) is 24.0 Å². The lowest BCUT2D eigenvalue weighted by atomic mass is 9.75. The Hall–Kier alpha value is -2.04. The van der Waals surface area contributed by atoms with Gasteiger partial charge < -0.3 is 0 Å². The first kappa shape index (κ1) is 23.7. The molecule has 5 rings (SSSR count). The molecule has 172 valence electrons. The molecule has 0 saturated carbocycles.